The summed E-state index contributed by atoms with van der Waals surface area (Å²) in [5, 5.41) is 3.48. The van der Waals surface area contributed by atoms with E-state index in [0.29, 0.717) is 17.3 Å². The summed E-state index contributed by atoms with van der Waals surface area (Å²) in [4.78, 5) is 28.5. The van der Waals surface area contributed by atoms with Crippen molar-refractivity contribution >= 4 is 29.1 Å². The normalized spacial score (nSPS) is 36.9. The van der Waals surface area contributed by atoms with Crippen LogP contribution in [0, 0.1) is 23.2 Å². The fraction of sp³-hybridized carbons (Fsp3) is 0.636. The molecule has 6 rings (SSSR count). The smallest absolute Gasteiger partial charge is 0.247 e. The summed E-state index contributed by atoms with van der Waals surface area (Å²) >= 11 is 6.19. The van der Waals surface area contributed by atoms with E-state index >= 15 is 0 Å². The predicted molar refractivity (Wildman–Crippen MR) is 105 cm³/mol. The molecule has 2 amide bonds. The summed E-state index contributed by atoms with van der Waals surface area (Å²) < 4.78 is 0. The number of likely N-dealkylation sites (tertiary alicyclic amines) is 1. The lowest BCUT2D eigenvalue weighted by Gasteiger charge is -2.56. The molecule has 1 aromatic carbocycles. The van der Waals surface area contributed by atoms with E-state index in [1.54, 1.807) is 12.1 Å². The topological polar surface area (TPSA) is 49.4 Å². The summed E-state index contributed by atoms with van der Waals surface area (Å²) in [6.07, 6.45) is 8.76. The first-order chi connectivity index (χ1) is 13.0. The quantitative estimate of drug-likeness (QED) is 0.832. The zero-order chi connectivity index (χ0) is 18.6. The minimum Gasteiger partial charge on any atom is -0.330 e. The van der Waals surface area contributed by atoms with Gasteiger partial charge in [0.15, 0.2) is 0 Å². The van der Waals surface area contributed by atoms with Crippen LogP contribution in [0.5, 0.6) is 0 Å². The third kappa shape index (κ3) is 2.97. The van der Waals surface area contributed by atoms with Crippen LogP contribution in [-0.2, 0) is 9.59 Å². The number of hydrogen-bond acceptors (Lipinski definition) is 2. The molecule has 0 radical (unpaired) electrons. The zero-order valence-corrected chi connectivity index (χ0v) is 16.4. The van der Waals surface area contributed by atoms with Gasteiger partial charge in [-0.05, 0) is 81.3 Å². The van der Waals surface area contributed by atoms with Crippen molar-refractivity contribution in [3.8, 4) is 0 Å². The number of para-hydroxylation sites is 1. The van der Waals surface area contributed by atoms with Crippen molar-refractivity contribution in [2.24, 2.45) is 23.2 Å². The Hall–Kier alpha value is -1.55. The molecule has 4 nitrogen and oxygen atoms in total. The average molecular weight is 387 g/mol. The first-order valence-corrected chi connectivity index (χ1v) is 10.8. The Balaban J connectivity index is 1.34. The highest BCUT2D eigenvalue weighted by molar-refractivity contribution is 6.33. The van der Waals surface area contributed by atoms with Crippen molar-refractivity contribution in [2.45, 2.75) is 57.4 Å². The lowest BCUT2D eigenvalue weighted by Crippen LogP contribution is -2.56. The summed E-state index contributed by atoms with van der Waals surface area (Å²) in [6, 6.07) is 6.91. The Morgan fingerprint density at radius 2 is 1.67 bits per heavy atom. The van der Waals surface area contributed by atoms with Crippen molar-refractivity contribution in [1.29, 1.82) is 0 Å². The van der Waals surface area contributed by atoms with Crippen molar-refractivity contribution in [3.05, 3.63) is 29.3 Å². The fourth-order valence-corrected chi connectivity index (χ4v) is 6.92. The van der Waals surface area contributed by atoms with E-state index in [-0.39, 0.29) is 23.3 Å². The second-order valence-corrected chi connectivity index (χ2v) is 9.73. The van der Waals surface area contributed by atoms with Gasteiger partial charge in [0.25, 0.3) is 0 Å². The molecule has 5 heteroatoms. The highest BCUT2D eigenvalue weighted by Gasteiger charge is 2.56. The Bertz CT molecular complexity index is 742. The molecule has 5 aliphatic rings. The van der Waals surface area contributed by atoms with Crippen molar-refractivity contribution < 1.29 is 9.59 Å². The van der Waals surface area contributed by atoms with E-state index in [4.69, 9.17) is 11.6 Å². The number of carbonyl (C=O) groups excluding carboxylic acids is 2. The summed E-state index contributed by atoms with van der Waals surface area (Å²) in [6.45, 7) is 0.710. The molecule has 4 bridgehead atoms. The highest BCUT2D eigenvalue weighted by atomic mass is 35.5. The van der Waals surface area contributed by atoms with Crippen LogP contribution in [0.1, 0.15) is 51.4 Å². The second-order valence-electron chi connectivity index (χ2n) is 9.32. The number of nitrogens with one attached hydrogen (secondary N) is 1. The third-order valence-corrected chi connectivity index (χ3v) is 7.77. The summed E-state index contributed by atoms with van der Waals surface area (Å²) in [7, 11) is 0. The number of carbonyl (C=O) groups is 2. The number of amides is 2. The van der Waals surface area contributed by atoms with Gasteiger partial charge in [-0.3, -0.25) is 9.59 Å². The molecule has 0 aromatic heterocycles. The summed E-state index contributed by atoms with van der Waals surface area (Å²) in [5.41, 5.74) is 0.445. The van der Waals surface area contributed by atoms with Gasteiger partial charge in [-0.2, -0.15) is 0 Å². The minimum atomic E-state index is -0.359. The molecule has 1 heterocycles. The predicted octanol–water partition coefficient (Wildman–Crippen LogP) is 4.49. The van der Waals surface area contributed by atoms with E-state index in [0.717, 1.165) is 49.9 Å². The Labute approximate surface area is 165 Å². The van der Waals surface area contributed by atoms with Crippen LogP contribution >= 0.6 is 11.6 Å². The molecular formula is C22H27ClN2O2. The molecule has 1 aromatic rings. The van der Waals surface area contributed by atoms with Crippen LogP contribution in [0.3, 0.4) is 0 Å². The number of rotatable bonds is 3. The third-order valence-electron chi connectivity index (χ3n) is 7.44. The van der Waals surface area contributed by atoms with Gasteiger partial charge >= 0.3 is 0 Å². The van der Waals surface area contributed by atoms with Crippen molar-refractivity contribution in [3.63, 3.8) is 0 Å². The second kappa shape index (κ2) is 6.51. The molecule has 144 valence electrons. The molecule has 1 N–H and O–H groups in total. The summed E-state index contributed by atoms with van der Waals surface area (Å²) in [5.74, 6) is 2.37. The van der Waals surface area contributed by atoms with Gasteiger partial charge in [0.1, 0.15) is 6.04 Å². The molecule has 1 atom stereocenters. The van der Waals surface area contributed by atoms with Crippen LogP contribution in [0.15, 0.2) is 24.3 Å². The Kier molecular flexibility index (Phi) is 4.23. The fourth-order valence-electron chi connectivity index (χ4n) is 6.74. The Morgan fingerprint density at radius 1 is 1.04 bits per heavy atom. The van der Waals surface area contributed by atoms with E-state index in [2.05, 4.69) is 5.32 Å². The van der Waals surface area contributed by atoms with Crippen LogP contribution in [0.4, 0.5) is 5.69 Å². The molecule has 0 unspecified atom stereocenters. The van der Waals surface area contributed by atoms with Crippen LogP contribution in [0.2, 0.25) is 5.02 Å². The number of benzene rings is 1. The van der Waals surface area contributed by atoms with Gasteiger partial charge in [-0.1, -0.05) is 23.7 Å². The molecule has 4 aliphatic carbocycles. The van der Waals surface area contributed by atoms with Gasteiger partial charge in [0.2, 0.25) is 11.8 Å². The van der Waals surface area contributed by atoms with E-state index in [9.17, 15) is 9.59 Å². The van der Waals surface area contributed by atoms with Gasteiger partial charge < -0.3 is 10.2 Å². The maximum absolute atomic E-state index is 13.7. The lowest BCUT2D eigenvalue weighted by atomic mass is 9.49. The SMILES string of the molecule is O=C(Nc1ccccc1Cl)[C@@H]1CCCN1C(=O)C12CC3CC(CC(C3)C1)C2. The molecule has 1 saturated heterocycles. The van der Waals surface area contributed by atoms with Crippen molar-refractivity contribution in [1.82, 2.24) is 4.90 Å². The van der Waals surface area contributed by atoms with E-state index in [1.807, 2.05) is 17.0 Å². The van der Waals surface area contributed by atoms with Gasteiger partial charge in [0, 0.05) is 6.54 Å². The van der Waals surface area contributed by atoms with Gasteiger partial charge in [-0.15, -0.1) is 0 Å². The highest BCUT2D eigenvalue weighted by Crippen LogP contribution is 2.60. The van der Waals surface area contributed by atoms with Gasteiger partial charge in [0.05, 0.1) is 16.1 Å². The van der Waals surface area contributed by atoms with Crippen LogP contribution in [-0.4, -0.2) is 29.3 Å². The lowest BCUT2D eigenvalue weighted by molar-refractivity contribution is -0.160. The maximum atomic E-state index is 13.7. The van der Waals surface area contributed by atoms with Gasteiger partial charge in [-0.25, -0.2) is 0 Å². The maximum Gasteiger partial charge on any atom is 0.247 e. The van der Waals surface area contributed by atoms with Crippen molar-refractivity contribution in [2.75, 3.05) is 11.9 Å². The number of anilines is 1. The molecule has 0 spiro atoms. The van der Waals surface area contributed by atoms with Crippen LogP contribution in [0.25, 0.3) is 0 Å². The zero-order valence-electron chi connectivity index (χ0n) is 15.6. The van der Waals surface area contributed by atoms with Crippen LogP contribution < -0.4 is 5.32 Å². The van der Waals surface area contributed by atoms with E-state index in [1.165, 1.54) is 19.3 Å². The number of nitrogens with zero attached hydrogens (tertiary/aromatic N) is 1. The monoisotopic (exact) mass is 386 g/mol. The average Bonchev–Trinajstić information content (AvgIpc) is 3.11. The molecule has 5 fully saturated rings. The molecule has 4 saturated carbocycles. The standard InChI is InChI=1S/C22H27ClN2O2/c23-17-4-1-2-5-18(17)24-20(26)19-6-3-7-25(19)21(27)22-11-14-8-15(12-22)10-16(9-14)13-22/h1-2,4-5,14-16,19H,3,6-13H2,(H,24,26)/t14?,15?,16?,19-,22?/m0/s1. The minimum absolute atomic E-state index is 0.0984. The number of halogens is 1. The first-order valence-electron chi connectivity index (χ1n) is 10.4. The molecular weight excluding hydrogens is 360 g/mol. The molecule has 1 aliphatic heterocycles. The first kappa shape index (κ1) is 17.5. The Morgan fingerprint density at radius 3 is 2.30 bits per heavy atom. The van der Waals surface area contributed by atoms with E-state index < -0.39 is 0 Å². The molecule has 27 heavy (non-hydrogen) atoms. The largest absolute Gasteiger partial charge is 0.330 e. The number of hydrogen-bond donors (Lipinski definition) is 1.